The predicted octanol–water partition coefficient (Wildman–Crippen LogP) is 2.25. The van der Waals surface area contributed by atoms with E-state index in [-0.39, 0.29) is 17.4 Å². The number of alkyl halides is 3. The second-order valence-electron chi connectivity index (χ2n) is 4.86. The van der Waals surface area contributed by atoms with Crippen molar-refractivity contribution in [2.75, 3.05) is 5.32 Å². The van der Waals surface area contributed by atoms with Gasteiger partial charge in [-0.2, -0.15) is 23.1 Å². The van der Waals surface area contributed by atoms with Crippen molar-refractivity contribution < 1.29 is 22.4 Å². The monoisotopic (exact) mass is 340 g/mol. The Morgan fingerprint density at radius 1 is 1.38 bits per heavy atom. The summed E-state index contributed by atoms with van der Waals surface area (Å²) in [6.07, 6.45) is -3.05. The van der Waals surface area contributed by atoms with Crippen molar-refractivity contribution in [3.05, 3.63) is 35.4 Å². The van der Waals surface area contributed by atoms with Gasteiger partial charge in [0.15, 0.2) is 6.39 Å². The molecule has 3 rings (SSSR count). The fraction of sp³-hybridized carbons (Fsp3) is 0.308. The van der Waals surface area contributed by atoms with E-state index >= 15 is 0 Å². The van der Waals surface area contributed by atoms with E-state index in [4.69, 9.17) is 4.42 Å². The average Bonchev–Trinajstić information content (AvgIpc) is 3.12. The molecule has 0 aromatic carbocycles. The van der Waals surface area contributed by atoms with Gasteiger partial charge in [0.25, 0.3) is 17.5 Å². The van der Waals surface area contributed by atoms with Crippen molar-refractivity contribution in [3.63, 3.8) is 0 Å². The molecule has 3 aromatic rings. The first-order valence-electron chi connectivity index (χ1n) is 6.85. The number of carbonyl (C=O) groups excluding carboxylic acids is 1. The van der Waals surface area contributed by atoms with Crippen LogP contribution in [0.1, 0.15) is 34.7 Å². The molecule has 1 amide bonds. The minimum atomic E-state index is -4.68. The Bertz CT molecular complexity index is 914. The summed E-state index contributed by atoms with van der Waals surface area (Å²) in [5, 5.41) is 5.81. The molecule has 0 fully saturated rings. The predicted molar refractivity (Wildman–Crippen MR) is 74.4 cm³/mol. The van der Waals surface area contributed by atoms with E-state index in [1.165, 1.54) is 13.0 Å². The first-order chi connectivity index (χ1) is 11.3. The third kappa shape index (κ3) is 2.79. The molecule has 0 radical (unpaired) electrons. The van der Waals surface area contributed by atoms with Gasteiger partial charge in [-0.1, -0.05) is 6.92 Å². The SMILES string of the molecule is CCc1ncoc1C(=O)Nc1cc(C)n2nc(C(F)(F)F)nc2n1. The second kappa shape index (κ2) is 5.58. The van der Waals surface area contributed by atoms with E-state index in [0.29, 0.717) is 17.8 Å². The van der Waals surface area contributed by atoms with Crippen molar-refractivity contribution in [1.82, 2.24) is 24.6 Å². The van der Waals surface area contributed by atoms with Crippen LogP contribution in [0.5, 0.6) is 0 Å². The minimum absolute atomic E-state index is 0.0225. The summed E-state index contributed by atoms with van der Waals surface area (Å²) in [6.45, 7) is 3.32. The van der Waals surface area contributed by atoms with Gasteiger partial charge in [0.2, 0.25) is 5.76 Å². The van der Waals surface area contributed by atoms with Crippen LogP contribution in [0.25, 0.3) is 5.78 Å². The van der Waals surface area contributed by atoms with Gasteiger partial charge in [-0.3, -0.25) is 4.79 Å². The van der Waals surface area contributed by atoms with Crippen LogP contribution >= 0.6 is 0 Å². The molecule has 1 N–H and O–H groups in total. The lowest BCUT2D eigenvalue weighted by Crippen LogP contribution is -2.15. The lowest BCUT2D eigenvalue weighted by Gasteiger charge is -2.05. The molecule has 8 nitrogen and oxygen atoms in total. The molecule has 0 spiro atoms. The molecule has 0 aliphatic heterocycles. The molecule has 3 aromatic heterocycles. The highest BCUT2D eigenvalue weighted by Crippen LogP contribution is 2.26. The normalized spacial score (nSPS) is 11.9. The Kier molecular flexibility index (Phi) is 3.70. The molecule has 0 aliphatic carbocycles. The minimum Gasteiger partial charge on any atom is -0.438 e. The fourth-order valence-corrected chi connectivity index (χ4v) is 2.07. The number of amides is 1. The van der Waals surface area contributed by atoms with Crippen molar-refractivity contribution >= 4 is 17.5 Å². The van der Waals surface area contributed by atoms with Gasteiger partial charge in [0, 0.05) is 11.8 Å². The standard InChI is InChI=1S/C13H11F3N6O2/c1-3-7-9(24-5-17-7)10(23)18-8-4-6(2)22-12(19-8)20-11(21-22)13(14,15)16/h4-5H,3H2,1-2H3,(H,18,19,20,21,23). The summed E-state index contributed by atoms with van der Waals surface area (Å²) in [5.41, 5.74) is 0.790. The largest absolute Gasteiger partial charge is 0.453 e. The van der Waals surface area contributed by atoms with E-state index in [9.17, 15) is 18.0 Å². The number of rotatable bonds is 3. The number of hydrogen-bond donors (Lipinski definition) is 1. The zero-order valence-electron chi connectivity index (χ0n) is 12.5. The van der Waals surface area contributed by atoms with Gasteiger partial charge in [-0.05, 0) is 13.3 Å². The number of hydrogen-bond acceptors (Lipinski definition) is 6. The molecular formula is C13H11F3N6O2. The maximum Gasteiger partial charge on any atom is 0.453 e. The molecule has 0 aliphatic rings. The van der Waals surface area contributed by atoms with Crippen molar-refractivity contribution in [3.8, 4) is 0 Å². The maximum absolute atomic E-state index is 12.7. The van der Waals surface area contributed by atoms with E-state index in [2.05, 4.69) is 25.4 Å². The average molecular weight is 340 g/mol. The van der Waals surface area contributed by atoms with E-state index in [1.807, 2.05) is 0 Å². The molecule has 0 saturated carbocycles. The number of aromatic nitrogens is 5. The third-order valence-electron chi connectivity index (χ3n) is 3.17. The summed E-state index contributed by atoms with van der Waals surface area (Å²) in [5.74, 6) is -2.12. The lowest BCUT2D eigenvalue weighted by molar-refractivity contribution is -0.144. The highest BCUT2D eigenvalue weighted by atomic mass is 19.4. The number of aryl methyl sites for hydroxylation is 2. The number of nitrogens with one attached hydrogen (secondary N) is 1. The van der Waals surface area contributed by atoms with E-state index in [0.717, 1.165) is 10.9 Å². The van der Waals surface area contributed by atoms with Crippen LogP contribution < -0.4 is 5.32 Å². The lowest BCUT2D eigenvalue weighted by atomic mass is 10.2. The summed E-state index contributed by atoms with van der Waals surface area (Å²) in [4.78, 5) is 23.3. The number of anilines is 1. The number of nitrogens with zero attached hydrogens (tertiary/aromatic N) is 5. The molecule has 0 atom stereocenters. The molecule has 0 unspecified atom stereocenters. The van der Waals surface area contributed by atoms with Gasteiger partial charge in [-0.15, -0.1) is 5.10 Å². The van der Waals surface area contributed by atoms with Crippen LogP contribution in [0.2, 0.25) is 0 Å². The summed E-state index contributed by atoms with van der Waals surface area (Å²) >= 11 is 0. The second-order valence-corrected chi connectivity index (χ2v) is 4.86. The third-order valence-corrected chi connectivity index (χ3v) is 3.17. The highest BCUT2D eigenvalue weighted by Gasteiger charge is 2.36. The molecule has 0 bridgehead atoms. The van der Waals surface area contributed by atoms with Crippen LogP contribution in [-0.4, -0.2) is 30.5 Å². The van der Waals surface area contributed by atoms with Crippen LogP contribution in [-0.2, 0) is 12.6 Å². The highest BCUT2D eigenvalue weighted by molar-refractivity contribution is 6.02. The van der Waals surface area contributed by atoms with Crippen LogP contribution in [0.4, 0.5) is 19.0 Å². The van der Waals surface area contributed by atoms with E-state index in [1.54, 1.807) is 6.92 Å². The van der Waals surface area contributed by atoms with Gasteiger partial charge in [0.1, 0.15) is 5.82 Å². The Labute approximate surface area is 132 Å². The maximum atomic E-state index is 12.7. The number of carbonyl (C=O) groups is 1. The molecule has 0 saturated heterocycles. The number of fused-ring (bicyclic) bond motifs is 1. The summed E-state index contributed by atoms with van der Waals surface area (Å²) in [7, 11) is 0. The molecule has 24 heavy (non-hydrogen) atoms. The van der Waals surface area contributed by atoms with Gasteiger partial charge in [-0.25, -0.2) is 9.50 Å². The molecule has 126 valence electrons. The zero-order valence-corrected chi connectivity index (χ0v) is 12.5. The van der Waals surface area contributed by atoms with E-state index < -0.39 is 17.9 Å². The van der Waals surface area contributed by atoms with Crippen molar-refractivity contribution in [2.24, 2.45) is 0 Å². The zero-order chi connectivity index (χ0) is 17.5. The molecule has 3 heterocycles. The Balaban J connectivity index is 1.94. The fourth-order valence-electron chi connectivity index (χ4n) is 2.07. The Morgan fingerprint density at radius 2 is 2.12 bits per heavy atom. The molecular weight excluding hydrogens is 329 g/mol. The number of oxazole rings is 1. The quantitative estimate of drug-likeness (QED) is 0.785. The van der Waals surface area contributed by atoms with Crippen molar-refractivity contribution in [2.45, 2.75) is 26.4 Å². The van der Waals surface area contributed by atoms with Gasteiger partial charge < -0.3 is 9.73 Å². The topological polar surface area (TPSA) is 98.2 Å². The van der Waals surface area contributed by atoms with Crippen LogP contribution in [0.3, 0.4) is 0 Å². The Morgan fingerprint density at radius 3 is 2.79 bits per heavy atom. The van der Waals surface area contributed by atoms with Crippen LogP contribution in [0.15, 0.2) is 16.9 Å². The first kappa shape index (κ1) is 15.9. The Hall–Kier alpha value is -2.98. The summed E-state index contributed by atoms with van der Waals surface area (Å²) in [6, 6.07) is 1.38. The number of halogens is 3. The van der Waals surface area contributed by atoms with Crippen LogP contribution in [0, 0.1) is 6.92 Å². The van der Waals surface area contributed by atoms with Gasteiger partial charge in [0.05, 0.1) is 5.69 Å². The summed E-state index contributed by atoms with van der Waals surface area (Å²) < 4.78 is 44.0. The smallest absolute Gasteiger partial charge is 0.438 e. The first-order valence-corrected chi connectivity index (χ1v) is 6.85. The van der Waals surface area contributed by atoms with Gasteiger partial charge >= 0.3 is 6.18 Å². The molecule has 11 heteroatoms. The van der Waals surface area contributed by atoms with Crippen molar-refractivity contribution in [1.29, 1.82) is 0 Å².